The van der Waals surface area contributed by atoms with Crippen LogP contribution in [0, 0.1) is 5.92 Å². The van der Waals surface area contributed by atoms with Crippen molar-refractivity contribution in [1.82, 2.24) is 15.1 Å². The summed E-state index contributed by atoms with van der Waals surface area (Å²) in [7, 11) is 2.84. The lowest BCUT2D eigenvalue weighted by Crippen LogP contribution is -2.43. The second kappa shape index (κ2) is 7.92. The van der Waals surface area contributed by atoms with Gasteiger partial charge >= 0.3 is 5.97 Å². The molecule has 0 aliphatic heterocycles. The van der Waals surface area contributed by atoms with Gasteiger partial charge in [0.2, 0.25) is 5.91 Å². The lowest BCUT2D eigenvalue weighted by molar-refractivity contribution is -0.145. The maximum absolute atomic E-state index is 12.4. The van der Waals surface area contributed by atoms with E-state index in [1.807, 2.05) is 13.8 Å². The standard InChI is InChI=1S/C18H23N3O4/c1-11(2)9-15(18(24)25-4)19-16(22)10-14-12-7-5-6-8-13(12)17(23)21(3)20-14/h5-8,11,15H,9-10H2,1-4H3,(H,19,22). The highest BCUT2D eigenvalue weighted by molar-refractivity contribution is 5.90. The molecule has 1 heterocycles. The number of methoxy groups -OCH3 is 1. The molecule has 2 aromatic rings. The van der Waals surface area contributed by atoms with Crippen molar-refractivity contribution in [3.63, 3.8) is 0 Å². The molecule has 0 saturated heterocycles. The van der Waals surface area contributed by atoms with Crippen LogP contribution in [0.25, 0.3) is 10.8 Å². The van der Waals surface area contributed by atoms with Gasteiger partial charge < -0.3 is 10.1 Å². The second-order valence-electron chi connectivity index (χ2n) is 6.37. The molecule has 0 saturated carbocycles. The number of nitrogens with one attached hydrogen (secondary N) is 1. The number of rotatable bonds is 6. The first-order valence-corrected chi connectivity index (χ1v) is 8.15. The molecule has 0 spiro atoms. The van der Waals surface area contributed by atoms with E-state index in [0.29, 0.717) is 22.9 Å². The number of hydrogen-bond donors (Lipinski definition) is 1. The van der Waals surface area contributed by atoms with E-state index >= 15 is 0 Å². The van der Waals surface area contributed by atoms with Crippen LogP contribution in [-0.4, -0.2) is 34.8 Å². The molecular formula is C18H23N3O4. The Labute approximate surface area is 146 Å². The van der Waals surface area contributed by atoms with E-state index in [0.717, 1.165) is 0 Å². The van der Waals surface area contributed by atoms with E-state index in [9.17, 15) is 14.4 Å². The van der Waals surface area contributed by atoms with Crippen molar-refractivity contribution in [2.75, 3.05) is 7.11 Å². The van der Waals surface area contributed by atoms with Crippen LogP contribution in [0.15, 0.2) is 29.1 Å². The number of aromatic nitrogens is 2. The van der Waals surface area contributed by atoms with Gasteiger partial charge in [0.25, 0.3) is 5.56 Å². The molecule has 25 heavy (non-hydrogen) atoms. The molecule has 1 unspecified atom stereocenters. The molecule has 1 aromatic heterocycles. The molecule has 0 aliphatic carbocycles. The van der Waals surface area contributed by atoms with Gasteiger partial charge in [0.1, 0.15) is 6.04 Å². The van der Waals surface area contributed by atoms with Crippen LogP contribution in [0.3, 0.4) is 0 Å². The van der Waals surface area contributed by atoms with Crippen LogP contribution in [-0.2, 0) is 27.8 Å². The van der Waals surface area contributed by atoms with Gasteiger partial charge in [-0.05, 0) is 18.4 Å². The third-order valence-corrected chi connectivity index (χ3v) is 3.89. The van der Waals surface area contributed by atoms with E-state index < -0.39 is 12.0 Å². The third-order valence-electron chi connectivity index (χ3n) is 3.89. The third kappa shape index (κ3) is 4.43. The summed E-state index contributed by atoms with van der Waals surface area (Å²) in [6.45, 7) is 3.92. The molecule has 0 bridgehead atoms. The summed E-state index contributed by atoms with van der Waals surface area (Å²) in [6, 6.07) is 6.33. The Hall–Kier alpha value is -2.70. The maximum Gasteiger partial charge on any atom is 0.328 e. The SMILES string of the molecule is COC(=O)C(CC(C)C)NC(=O)Cc1nn(C)c(=O)c2ccccc12. The normalized spacial score (nSPS) is 12.2. The number of esters is 1. The number of carbonyl (C=O) groups is 2. The van der Waals surface area contributed by atoms with Crippen LogP contribution >= 0.6 is 0 Å². The van der Waals surface area contributed by atoms with Crippen molar-refractivity contribution in [2.24, 2.45) is 13.0 Å². The topological polar surface area (TPSA) is 90.3 Å². The summed E-state index contributed by atoms with van der Waals surface area (Å²) < 4.78 is 5.97. The first-order valence-electron chi connectivity index (χ1n) is 8.15. The average Bonchev–Trinajstić information content (AvgIpc) is 2.57. The number of benzene rings is 1. The predicted molar refractivity (Wildman–Crippen MR) is 94.1 cm³/mol. The van der Waals surface area contributed by atoms with E-state index in [4.69, 9.17) is 4.74 Å². The van der Waals surface area contributed by atoms with Crippen molar-refractivity contribution in [1.29, 1.82) is 0 Å². The summed E-state index contributed by atoms with van der Waals surface area (Å²) in [6.07, 6.45) is 0.458. The van der Waals surface area contributed by atoms with Gasteiger partial charge in [0.05, 0.1) is 24.6 Å². The molecule has 1 aromatic carbocycles. The van der Waals surface area contributed by atoms with Gasteiger partial charge in [-0.15, -0.1) is 0 Å². The molecule has 7 heteroatoms. The molecule has 0 radical (unpaired) electrons. The zero-order valence-corrected chi connectivity index (χ0v) is 14.9. The first kappa shape index (κ1) is 18.6. The number of nitrogens with zero attached hydrogens (tertiary/aromatic N) is 2. The van der Waals surface area contributed by atoms with Crippen LogP contribution in [0.4, 0.5) is 0 Å². The summed E-state index contributed by atoms with van der Waals surface area (Å²) in [5.74, 6) is -0.589. The number of aryl methyl sites for hydroxylation is 1. The van der Waals surface area contributed by atoms with E-state index in [1.54, 1.807) is 31.3 Å². The Morgan fingerprint density at radius 1 is 1.24 bits per heavy atom. The minimum Gasteiger partial charge on any atom is -0.467 e. The van der Waals surface area contributed by atoms with E-state index in [1.165, 1.54) is 11.8 Å². The highest BCUT2D eigenvalue weighted by Crippen LogP contribution is 2.14. The summed E-state index contributed by atoms with van der Waals surface area (Å²) >= 11 is 0. The molecule has 1 N–H and O–H groups in total. The molecule has 2 rings (SSSR count). The molecule has 134 valence electrons. The molecule has 0 fully saturated rings. The Morgan fingerprint density at radius 2 is 1.88 bits per heavy atom. The van der Waals surface area contributed by atoms with Crippen LogP contribution in [0.2, 0.25) is 0 Å². The average molecular weight is 345 g/mol. The van der Waals surface area contributed by atoms with Crippen molar-refractivity contribution < 1.29 is 14.3 Å². The highest BCUT2D eigenvalue weighted by atomic mass is 16.5. The number of ether oxygens (including phenoxy) is 1. The fourth-order valence-corrected chi connectivity index (χ4v) is 2.73. The van der Waals surface area contributed by atoms with Crippen molar-refractivity contribution in [2.45, 2.75) is 32.7 Å². The van der Waals surface area contributed by atoms with Crippen LogP contribution in [0.5, 0.6) is 0 Å². The van der Waals surface area contributed by atoms with Crippen molar-refractivity contribution >= 4 is 22.6 Å². The van der Waals surface area contributed by atoms with Gasteiger partial charge in [-0.1, -0.05) is 32.0 Å². The summed E-state index contributed by atoms with van der Waals surface area (Å²) in [5.41, 5.74) is 0.273. The Kier molecular flexibility index (Phi) is 5.90. The quantitative estimate of drug-likeness (QED) is 0.794. The first-order chi connectivity index (χ1) is 11.8. The van der Waals surface area contributed by atoms with Crippen LogP contribution in [0.1, 0.15) is 26.0 Å². The van der Waals surface area contributed by atoms with Crippen molar-refractivity contribution in [3.05, 3.63) is 40.3 Å². The number of carbonyl (C=O) groups excluding carboxylic acids is 2. The zero-order chi connectivity index (χ0) is 18.6. The van der Waals surface area contributed by atoms with Gasteiger partial charge in [-0.3, -0.25) is 9.59 Å². The lowest BCUT2D eigenvalue weighted by atomic mass is 10.0. The van der Waals surface area contributed by atoms with E-state index in [2.05, 4.69) is 10.4 Å². The molecule has 0 aliphatic rings. The monoisotopic (exact) mass is 345 g/mol. The fraction of sp³-hybridized carbons (Fsp3) is 0.444. The smallest absolute Gasteiger partial charge is 0.328 e. The fourth-order valence-electron chi connectivity index (χ4n) is 2.73. The molecule has 1 amide bonds. The minimum absolute atomic E-state index is 0.0276. The zero-order valence-electron chi connectivity index (χ0n) is 14.9. The number of fused-ring (bicyclic) bond motifs is 1. The molecule has 7 nitrogen and oxygen atoms in total. The van der Waals surface area contributed by atoms with Gasteiger partial charge in [0.15, 0.2) is 0 Å². The largest absolute Gasteiger partial charge is 0.467 e. The Morgan fingerprint density at radius 3 is 2.48 bits per heavy atom. The van der Waals surface area contributed by atoms with E-state index in [-0.39, 0.29) is 23.8 Å². The van der Waals surface area contributed by atoms with Gasteiger partial charge in [0, 0.05) is 12.4 Å². The summed E-state index contributed by atoms with van der Waals surface area (Å²) in [5, 5.41) is 8.05. The predicted octanol–water partition coefficient (Wildman–Crippen LogP) is 1.18. The number of amides is 1. The lowest BCUT2D eigenvalue weighted by Gasteiger charge is -2.18. The molecule has 1 atom stereocenters. The minimum atomic E-state index is -0.698. The van der Waals surface area contributed by atoms with Crippen LogP contribution < -0.4 is 10.9 Å². The second-order valence-corrected chi connectivity index (χ2v) is 6.37. The highest BCUT2D eigenvalue weighted by Gasteiger charge is 2.23. The molecular weight excluding hydrogens is 322 g/mol. The Bertz CT molecular complexity index is 842. The number of hydrogen-bond acceptors (Lipinski definition) is 5. The van der Waals surface area contributed by atoms with Gasteiger partial charge in [-0.2, -0.15) is 5.10 Å². The maximum atomic E-state index is 12.4. The van der Waals surface area contributed by atoms with Gasteiger partial charge in [-0.25, -0.2) is 9.48 Å². The Balaban J connectivity index is 2.25. The van der Waals surface area contributed by atoms with Crippen molar-refractivity contribution in [3.8, 4) is 0 Å². The summed E-state index contributed by atoms with van der Waals surface area (Å²) in [4.78, 5) is 36.4.